The van der Waals surface area contributed by atoms with Crippen molar-refractivity contribution in [3.05, 3.63) is 23.8 Å². The molecule has 0 bridgehead atoms. The summed E-state index contributed by atoms with van der Waals surface area (Å²) < 4.78 is 13.4. The number of thiocarbonyl (C=S) groups is 1. The first-order valence-electron chi connectivity index (χ1n) is 8.19. The standard InChI is InChI=1S/C17H23FN2O2S/c1-3-19-15(21)14(16(22)20(4-2)17(19)23)10-6-8-12-7-5-9-13(18)11-12/h6,8,10,12-13H,3-5,7,9,11H2,1-2H3/b8-6+. The Hall–Kier alpha value is -1.56. The molecule has 126 valence electrons. The van der Waals surface area contributed by atoms with Crippen LogP contribution >= 0.6 is 12.2 Å². The first-order valence-corrected chi connectivity index (χ1v) is 8.60. The molecule has 0 aromatic rings. The van der Waals surface area contributed by atoms with Crippen LogP contribution in [0, 0.1) is 5.92 Å². The summed E-state index contributed by atoms with van der Waals surface area (Å²) in [6.07, 6.45) is 7.40. The second-order valence-electron chi connectivity index (χ2n) is 5.87. The zero-order valence-corrected chi connectivity index (χ0v) is 14.4. The van der Waals surface area contributed by atoms with Crippen molar-refractivity contribution in [2.45, 2.75) is 45.7 Å². The molecular formula is C17H23FN2O2S. The monoisotopic (exact) mass is 338 g/mol. The van der Waals surface area contributed by atoms with E-state index in [1.54, 1.807) is 12.2 Å². The number of rotatable bonds is 4. The molecule has 1 aliphatic carbocycles. The Morgan fingerprint density at radius 3 is 2.30 bits per heavy atom. The summed E-state index contributed by atoms with van der Waals surface area (Å²) in [6.45, 7) is 4.50. The van der Waals surface area contributed by atoms with Gasteiger partial charge in [0.25, 0.3) is 11.8 Å². The highest BCUT2D eigenvalue weighted by atomic mass is 32.1. The third-order valence-electron chi connectivity index (χ3n) is 4.34. The number of amides is 2. The molecule has 6 heteroatoms. The van der Waals surface area contributed by atoms with E-state index in [-0.39, 0.29) is 28.4 Å². The first-order chi connectivity index (χ1) is 11.0. The molecule has 1 saturated heterocycles. The fraction of sp³-hybridized carbons (Fsp3) is 0.588. The van der Waals surface area contributed by atoms with Crippen molar-refractivity contribution < 1.29 is 14.0 Å². The molecule has 2 rings (SSSR count). The number of carbonyl (C=O) groups excluding carboxylic acids is 2. The van der Waals surface area contributed by atoms with Gasteiger partial charge in [-0.15, -0.1) is 0 Å². The van der Waals surface area contributed by atoms with Crippen molar-refractivity contribution in [3.8, 4) is 0 Å². The summed E-state index contributed by atoms with van der Waals surface area (Å²) in [5.74, 6) is -0.539. The molecule has 0 N–H and O–H groups in total. The lowest BCUT2D eigenvalue weighted by atomic mass is 9.88. The van der Waals surface area contributed by atoms with Gasteiger partial charge in [-0.2, -0.15) is 0 Å². The van der Waals surface area contributed by atoms with Crippen LogP contribution in [0.3, 0.4) is 0 Å². The van der Waals surface area contributed by atoms with E-state index in [2.05, 4.69) is 0 Å². The van der Waals surface area contributed by atoms with E-state index in [1.807, 2.05) is 19.9 Å². The zero-order chi connectivity index (χ0) is 17.0. The van der Waals surface area contributed by atoms with Gasteiger partial charge in [0.15, 0.2) is 5.11 Å². The Labute approximate surface area is 142 Å². The molecule has 2 unspecified atom stereocenters. The quantitative estimate of drug-likeness (QED) is 0.449. The van der Waals surface area contributed by atoms with E-state index in [0.717, 1.165) is 12.8 Å². The topological polar surface area (TPSA) is 40.6 Å². The third-order valence-corrected chi connectivity index (χ3v) is 4.78. The molecule has 1 saturated carbocycles. The molecule has 23 heavy (non-hydrogen) atoms. The Kier molecular flexibility index (Phi) is 6.04. The summed E-state index contributed by atoms with van der Waals surface area (Å²) in [7, 11) is 0. The molecule has 0 aromatic carbocycles. The molecule has 2 amide bonds. The van der Waals surface area contributed by atoms with Crippen LogP contribution in [0.2, 0.25) is 0 Å². The molecule has 2 aliphatic rings. The fourth-order valence-corrected chi connectivity index (χ4v) is 3.48. The van der Waals surface area contributed by atoms with Gasteiger partial charge in [-0.1, -0.05) is 12.2 Å². The van der Waals surface area contributed by atoms with Gasteiger partial charge in [0.05, 0.1) is 0 Å². The van der Waals surface area contributed by atoms with Crippen molar-refractivity contribution in [1.29, 1.82) is 0 Å². The first kappa shape index (κ1) is 17.8. The molecule has 0 spiro atoms. The lowest BCUT2D eigenvalue weighted by molar-refractivity contribution is -0.133. The van der Waals surface area contributed by atoms with Crippen molar-refractivity contribution in [2.75, 3.05) is 13.1 Å². The van der Waals surface area contributed by atoms with Crippen molar-refractivity contribution in [1.82, 2.24) is 9.80 Å². The van der Waals surface area contributed by atoms with Gasteiger partial charge >= 0.3 is 0 Å². The number of hydrogen-bond acceptors (Lipinski definition) is 3. The molecule has 2 fully saturated rings. The van der Waals surface area contributed by atoms with Crippen LogP contribution in [-0.2, 0) is 9.59 Å². The van der Waals surface area contributed by atoms with Crippen LogP contribution in [0.5, 0.6) is 0 Å². The van der Waals surface area contributed by atoms with Gasteiger partial charge in [-0.25, -0.2) is 4.39 Å². The van der Waals surface area contributed by atoms with E-state index in [0.29, 0.717) is 25.9 Å². The summed E-state index contributed by atoms with van der Waals surface area (Å²) in [5.41, 5.74) is 0.117. The molecule has 0 radical (unpaired) electrons. The SMILES string of the molecule is CCN1C(=O)C(=C/C=C/C2CCCC(F)C2)C(=O)N(CC)C1=S. The lowest BCUT2D eigenvalue weighted by Gasteiger charge is -2.35. The highest BCUT2D eigenvalue weighted by Crippen LogP contribution is 2.27. The van der Waals surface area contributed by atoms with Gasteiger partial charge in [-0.3, -0.25) is 19.4 Å². The second kappa shape index (κ2) is 7.81. The smallest absolute Gasteiger partial charge is 0.265 e. The number of halogens is 1. The second-order valence-corrected chi connectivity index (χ2v) is 6.24. The van der Waals surface area contributed by atoms with Crippen molar-refractivity contribution in [3.63, 3.8) is 0 Å². The summed E-state index contributed by atoms with van der Waals surface area (Å²) in [5, 5.41) is 0.263. The number of hydrogen-bond donors (Lipinski definition) is 0. The lowest BCUT2D eigenvalue weighted by Crippen LogP contribution is -2.55. The van der Waals surface area contributed by atoms with E-state index in [1.165, 1.54) is 9.80 Å². The average molecular weight is 338 g/mol. The zero-order valence-electron chi connectivity index (χ0n) is 13.6. The predicted octanol–water partition coefficient (Wildman–Crippen LogP) is 2.99. The molecule has 4 nitrogen and oxygen atoms in total. The fourth-order valence-electron chi connectivity index (χ4n) is 3.05. The van der Waals surface area contributed by atoms with Crippen LogP contribution in [0.25, 0.3) is 0 Å². The molecular weight excluding hydrogens is 315 g/mol. The van der Waals surface area contributed by atoms with Crippen LogP contribution < -0.4 is 0 Å². The summed E-state index contributed by atoms with van der Waals surface area (Å²) >= 11 is 5.21. The van der Waals surface area contributed by atoms with E-state index < -0.39 is 6.17 Å². The van der Waals surface area contributed by atoms with Crippen LogP contribution in [0.15, 0.2) is 23.8 Å². The number of alkyl halides is 1. The summed E-state index contributed by atoms with van der Waals surface area (Å²) in [4.78, 5) is 27.7. The molecule has 0 aromatic heterocycles. The average Bonchev–Trinajstić information content (AvgIpc) is 2.51. The number of nitrogens with zero attached hydrogens (tertiary/aromatic N) is 2. The minimum absolute atomic E-state index is 0.117. The summed E-state index contributed by atoms with van der Waals surface area (Å²) in [6, 6.07) is 0. The normalized spacial score (nSPS) is 26.4. The van der Waals surface area contributed by atoms with E-state index in [4.69, 9.17) is 12.2 Å². The maximum absolute atomic E-state index is 13.4. The number of carbonyl (C=O) groups is 2. The van der Waals surface area contributed by atoms with Crippen LogP contribution in [-0.4, -0.2) is 46.0 Å². The van der Waals surface area contributed by atoms with Crippen molar-refractivity contribution >= 4 is 29.1 Å². The third kappa shape index (κ3) is 3.86. The molecule has 1 aliphatic heterocycles. The minimum atomic E-state index is -0.743. The van der Waals surface area contributed by atoms with Crippen LogP contribution in [0.4, 0.5) is 4.39 Å². The van der Waals surface area contributed by atoms with Gasteiger partial charge in [-0.05, 0) is 63.7 Å². The Balaban J connectivity index is 2.16. The van der Waals surface area contributed by atoms with Gasteiger partial charge in [0.1, 0.15) is 11.7 Å². The van der Waals surface area contributed by atoms with Crippen LogP contribution in [0.1, 0.15) is 39.5 Å². The van der Waals surface area contributed by atoms with E-state index >= 15 is 0 Å². The Bertz CT molecular complexity index is 531. The van der Waals surface area contributed by atoms with Gasteiger partial charge in [0, 0.05) is 13.1 Å². The molecule has 1 heterocycles. The molecule has 2 atom stereocenters. The minimum Gasteiger partial charge on any atom is -0.285 e. The highest BCUT2D eigenvalue weighted by molar-refractivity contribution is 7.80. The number of allylic oxidation sites excluding steroid dienone is 3. The van der Waals surface area contributed by atoms with E-state index in [9.17, 15) is 14.0 Å². The Morgan fingerprint density at radius 2 is 1.78 bits per heavy atom. The largest absolute Gasteiger partial charge is 0.285 e. The highest BCUT2D eigenvalue weighted by Gasteiger charge is 2.37. The predicted molar refractivity (Wildman–Crippen MR) is 91.4 cm³/mol. The maximum atomic E-state index is 13.4. The maximum Gasteiger partial charge on any atom is 0.265 e. The number of likely N-dealkylation sites (N-methyl/N-ethyl adjacent to an activating group) is 2. The van der Waals surface area contributed by atoms with Gasteiger partial charge in [0.2, 0.25) is 0 Å². The van der Waals surface area contributed by atoms with Gasteiger partial charge < -0.3 is 0 Å². The van der Waals surface area contributed by atoms with Crippen molar-refractivity contribution in [2.24, 2.45) is 5.92 Å². The Morgan fingerprint density at radius 1 is 1.17 bits per heavy atom.